The summed E-state index contributed by atoms with van der Waals surface area (Å²) < 4.78 is 0. The van der Waals surface area contributed by atoms with E-state index >= 15 is 0 Å². The molecule has 100 valence electrons. The third-order valence-corrected chi connectivity index (χ3v) is 3.52. The standard InChI is InChI=1S/C14H18N4S/c1-3-7-11(2)10-19-14-16-13(17-18-14)15-12-8-5-4-6-9-12/h4-9H,3,10H2,1-2H3,(H2,15,16,17,18)/b11-7+. The van der Waals surface area contributed by atoms with Crippen molar-refractivity contribution in [2.75, 3.05) is 11.1 Å². The third-order valence-electron chi connectivity index (χ3n) is 2.48. The van der Waals surface area contributed by atoms with E-state index < -0.39 is 0 Å². The van der Waals surface area contributed by atoms with Crippen LogP contribution in [0.25, 0.3) is 0 Å². The highest BCUT2D eigenvalue weighted by atomic mass is 32.2. The lowest BCUT2D eigenvalue weighted by atomic mass is 10.3. The first-order valence-electron chi connectivity index (χ1n) is 6.31. The van der Waals surface area contributed by atoms with Crippen molar-refractivity contribution in [3.8, 4) is 0 Å². The minimum absolute atomic E-state index is 0.672. The number of benzene rings is 1. The molecule has 0 aliphatic rings. The number of anilines is 2. The van der Waals surface area contributed by atoms with Gasteiger partial charge in [0.25, 0.3) is 0 Å². The summed E-state index contributed by atoms with van der Waals surface area (Å²) in [6.07, 6.45) is 3.30. The summed E-state index contributed by atoms with van der Waals surface area (Å²) in [4.78, 5) is 4.40. The molecule has 1 heterocycles. The Bertz CT molecular complexity index is 533. The van der Waals surface area contributed by atoms with Crippen LogP contribution in [0, 0.1) is 0 Å². The van der Waals surface area contributed by atoms with Crippen LogP contribution in [0.3, 0.4) is 0 Å². The zero-order chi connectivity index (χ0) is 13.5. The molecular weight excluding hydrogens is 256 g/mol. The summed E-state index contributed by atoms with van der Waals surface area (Å²) in [5.41, 5.74) is 2.35. The van der Waals surface area contributed by atoms with Crippen LogP contribution >= 0.6 is 11.8 Å². The van der Waals surface area contributed by atoms with Crippen LogP contribution in [0.15, 0.2) is 47.1 Å². The zero-order valence-corrected chi connectivity index (χ0v) is 12.0. The fourth-order valence-electron chi connectivity index (χ4n) is 1.61. The Hall–Kier alpha value is -1.75. The summed E-state index contributed by atoms with van der Waals surface area (Å²) in [7, 11) is 0. The van der Waals surface area contributed by atoms with Gasteiger partial charge in [-0.15, -0.1) is 5.10 Å². The van der Waals surface area contributed by atoms with Gasteiger partial charge in [-0.3, -0.25) is 0 Å². The van der Waals surface area contributed by atoms with Crippen molar-refractivity contribution in [3.05, 3.63) is 42.0 Å². The maximum atomic E-state index is 4.40. The lowest BCUT2D eigenvalue weighted by Gasteiger charge is -2.00. The van der Waals surface area contributed by atoms with Crippen LogP contribution in [0.1, 0.15) is 20.3 Å². The molecule has 0 radical (unpaired) electrons. The number of nitrogens with zero attached hydrogens (tertiary/aromatic N) is 2. The van der Waals surface area contributed by atoms with Gasteiger partial charge in [-0.05, 0) is 25.5 Å². The van der Waals surface area contributed by atoms with E-state index in [-0.39, 0.29) is 0 Å². The molecule has 1 aromatic heterocycles. The maximum Gasteiger partial charge on any atom is 0.223 e. The molecule has 0 fully saturated rings. The van der Waals surface area contributed by atoms with Gasteiger partial charge in [0.1, 0.15) is 0 Å². The molecular formula is C14H18N4S. The highest BCUT2D eigenvalue weighted by Crippen LogP contribution is 2.19. The van der Waals surface area contributed by atoms with E-state index in [9.17, 15) is 0 Å². The second-order valence-corrected chi connectivity index (χ2v) is 5.15. The van der Waals surface area contributed by atoms with E-state index in [4.69, 9.17) is 0 Å². The third kappa shape index (κ3) is 4.44. The van der Waals surface area contributed by atoms with Gasteiger partial charge in [-0.25, -0.2) is 5.10 Å². The monoisotopic (exact) mass is 274 g/mol. The molecule has 4 nitrogen and oxygen atoms in total. The number of hydrogen-bond acceptors (Lipinski definition) is 4. The van der Waals surface area contributed by atoms with Crippen LogP contribution in [-0.2, 0) is 0 Å². The van der Waals surface area contributed by atoms with Crippen molar-refractivity contribution in [3.63, 3.8) is 0 Å². The average molecular weight is 274 g/mol. The van der Waals surface area contributed by atoms with E-state index in [1.165, 1.54) is 5.57 Å². The number of allylic oxidation sites excluding steroid dienone is 1. The predicted octanol–water partition coefficient (Wildman–Crippen LogP) is 4.00. The summed E-state index contributed by atoms with van der Waals surface area (Å²) in [5, 5.41) is 11.0. The SMILES string of the molecule is CC/C=C(\C)CSc1n[nH]c(Nc2ccccc2)n1. The minimum Gasteiger partial charge on any atom is -0.325 e. The van der Waals surface area contributed by atoms with E-state index in [1.807, 2.05) is 30.3 Å². The first-order chi connectivity index (χ1) is 9.28. The second kappa shape index (κ2) is 6.99. The van der Waals surface area contributed by atoms with Gasteiger partial charge in [-0.1, -0.05) is 48.5 Å². The molecule has 2 rings (SSSR count). The summed E-state index contributed by atoms with van der Waals surface area (Å²) in [6.45, 7) is 4.27. The van der Waals surface area contributed by atoms with Crippen molar-refractivity contribution in [1.29, 1.82) is 0 Å². The Labute approximate surface area is 117 Å². The summed E-state index contributed by atoms with van der Waals surface area (Å²) in [5.74, 6) is 1.60. The molecule has 0 saturated heterocycles. The number of nitrogens with one attached hydrogen (secondary N) is 2. The average Bonchev–Trinajstić information content (AvgIpc) is 2.86. The first-order valence-corrected chi connectivity index (χ1v) is 7.29. The molecule has 0 bridgehead atoms. The van der Waals surface area contributed by atoms with Crippen molar-refractivity contribution >= 4 is 23.4 Å². The predicted molar refractivity (Wildman–Crippen MR) is 80.9 cm³/mol. The topological polar surface area (TPSA) is 53.6 Å². The van der Waals surface area contributed by atoms with Gasteiger partial charge < -0.3 is 5.32 Å². The van der Waals surface area contributed by atoms with Crippen molar-refractivity contribution in [1.82, 2.24) is 15.2 Å². The molecule has 0 aliphatic heterocycles. The lowest BCUT2D eigenvalue weighted by Crippen LogP contribution is -1.91. The Morgan fingerprint density at radius 1 is 1.37 bits per heavy atom. The Morgan fingerprint density at radius 2 is 2.16 bits per heavy atom. The van der Waals surface area contributed by atoms with Gasteiger partial charge in [-0.2, -0.15) is 4.98 Å². The van der Waals surface area contributed by atoms with E-state index in [0.29, 0.717) is 5.95 Å². The quantitative estimate of drug-likeness (QED) is 0.617. The van der Waals surface area contributed by atoms with Gasteiger partial charge in [0.2, 0.25) is 11.1 Å². The van der Waals surface area contributed by atoms with Crippen molar-refractivity contribution in [2.24, 2.45) is 0 Å². The molecule has 0 atom stereocenters. The largest absolute Gasteiger partial charge is 0.325 e. The molecule has 2 N–H and O–H groups in total. The highest BCUT2D eigenvalue weighted by Gasteiger charge is 2.04. The van der Waals surface area contributed by atoms with Gasteiger partial charge in [0.05, 0.1) is 0 Å². The van der Waals surface area contributed by atoms with E-state index in [2.05, 4.69) is 40.4 Å². The fraction of sp³-hybridized carbons (Fsp3) is 0.286. The number of hydrogen-bond donors (Lipinski definition) is 2. The van der Waals surface area contributed by atoms with Gasteiger partial charge in [0.15, 0.2) is 0 Å². The molecule has 5 heteroatoms. The zero-order valence-electron chi connectivity index (χ0n) is 11.2. The van der Waals surface area contributed by atoms with Crippen molar-refractivity contribution in [2.45, 2.75) is 25.4 Å². The molecule has 0 spiro atoms. The van der Waals surface area contributed by atoms with Crippen LogP contribution in [0.5, 0.6) is 0 Å². The van der Waals surface area contributed by atoms with Crippen LogP contribution in [0.4, 0.5) is 11.6 Å². The molecule has 19 heavy (non-hydrogen) atoms. The first kappa shape index (κ1) is 13.7. The molecule has 0 unspecified atom stereocenters. The Morgan fingerprint density at radius 3 is 2.89 bits per heavy atom. The van der Waals surface area contributed by atoms with Gasteiger partial charge >= 0.3 is 0 Å². The number of aromatic amines is 1. The molecule has 0 saturated carbocycles. The lowest BCUT2D eigenvalue weighted by molar-refractivity contribution is 0.974. The summed E-state index contributed by atoms with van der Waals surface area (Å²) >= 11 is 1.64. The molecule has 2 aromatic rings. The maximum absolute atomic E-state index is 4.40. The number of H-pyrrole nitrogens is 1. The molecule has 0 aliphatic carbocycles. The number of aromatic nitrogens is 3. The Balaban J connectivity index is 1.90. The fourth-order valence-corrected chi connectivity index (χ4v) is 2.35. The molecule has 0 amide bonds. The van der Waals surface area contributed by atoms with Crippen LogP contribution in [0.2, 0.25) is 0 Å². The van der Waals surface area contributed by atoms with E-state index in [0.717, 1.165) is 23.0 Å². The number of para-hydroxylation sites is 1. The number of thioether (sulfide) groups is 1. The minimum atomic E-state index is 0.672. The summed E-state index contributed by atoms with van der Waals surface area (Å²) in [6, 6.07) is 9.92. The second-order valence-electron chi connectivity index (χ2n) is 4.21. The number of rotatable bonds is 6. The Kier molecular flexibility index (Phi) is 5.03. The van der Waals surface area contributed by atoms with Crippen LogP contribution in [-0.4, -0.2) is 20.9 Å². The smallest absolute Gasteiger partial charge is 0.223 e. The van der Waals surface area contributed by atoms with E-state index in [1.54, 1.807) is 11.8 Å². The van der Waals surface area contributed by atoms with Gasteiger partial charge in [0, 0.05) is 11.4 Å². The van der Waals surface area contributed by atoms with Crippen LogP contribution < -0.4 is 5.32 Å². The molecule has 1 aromatic carbocycles. The highest BCUT2D eigenvalue weighted by molar-refractivity contribution is 7.99. The van der Waals surface area contributed by atoms with Crippen molar-refractivity contribution < 1.29 is 0 Å². The normalized spacial score (nSPS) is 11.6.